The molecule has 1 aromatic rings. The zero-order valence-electron chi connectivity index (χ0n) is 18.3. The molecule has 7 heteroatoms. The molecule has 1 aliphatic heterocycles. The maximum Gasteiger partial charge on any atom is 0.308 e. The van der Waals surface area contributed by atoms with Crippen LogP contribution in [0.3, 0.4) is 0 Å². The van der Waals surface area contributed by atoms with Gasteiger partial charge in [-0.3, -0.25) is 14.4 Å². The number of rotatable bonds is 11. The number of benzene rings is 1. The molecule has 30 heavy (non-hydrogen) atoms. The molecule has 0 saturated carbocycles. The summed E-state index contributed by atoms with van der Waals surface area (Å²) in [5.74, 6) is 0.207. The Bertz CT molecular complexity index is 702. The first-order chi connectivity index (χ1) is 14.4. The Balaban J connectivity index is 1.97. The van der Waals surface area contributed by atoms with Crippen molar-refractivity contribution in [2.24, 2.45) is 5.92 Å². The maximum atomic E-state index is 13.0. The summed E-state index contributed by atoms with van der Waals surface area (Å²) in [6.07, 6.45) is 3.64. The number of nitrogens with zero attached hydrogens (tertiary/aromatic N) is 1. The van der Waals surface area contributed by atoms with E-state index in [0.717, 1.165) is 25.7 Å². The predicted octanol–water partition coefficient (Wildman–Crippen LogP) is 3.18. The first-order valence-electron chi connectivity index (χ1n) is 10.9. The third-order valence-corrected chi connectivity index (χ3v) is 5.03. The summed E-state index contributed by atoms with van der Waals surface area (Å²) in [7, 11) is 0. The van der Waals surface area contributed by atoms with Crippen LogP contribution in [0.1, 0.15) is 63.2 Å². The molecule has 0 radical (unpaired) electrons. The van der Waals surface area contributed by atoms with E-state index in [2.05, 4.69) is 26.1 Å². The van der Waals surface area contributed by atoms with Crippen LogP contribution >= 0.6 is 0 Å². The van der Waals surface area contributed by atoms with Crippen molar-refractivity contribution < 1.29 is 23.9 Å². The molecule has 2 rings (SSSR count). The van der Waals surface area contributed by atoms with Crippen LogP contribution in [-0.2, 0) is 14.3 Å². The van der Waals surface area contributed by atoms with Crippen molar-refractivity contribution >= 4 is 17.8 Å². The average molecular weight is 419 g/mol. The number of esters is 1. The number of ether oxygens (including phenoxy) is 2. The number of nitrogens with one attached hydrogen (secondary N) is 1. The molecule has 166 valence electrons. The Morgan fingerprint density at radius 3 is 2.57 bits per heavy atom. The zero-order valence-corrected chi connectivity index (χ0v) is 18.3. The van der Waals surface area contributed by atoms with Crippen molar-refractivity contribution in [2.45, 2.75) is 58.9 Å². The second kappa shape index (κ2) is 12.2. The van der Waals surface area contributed by atoms with Gasteiger partial charge in [0, 0.05) is 18.7 Å². The molecule has 1 heterocycles. The highest BCUT2D eigenvalue weighted by molar-refractivity contribution is 5.99. The third-order valence-electron chi connectivity index (χ3n) is 5.03. The molecule has 1 aliphatic rings. The topological polar surface area (TPSA) is 84.9 Å². The van der Waals surface area contributed by atoms with E-state index < -0.39 is 12.0 Å². The molecule has 0 aromatic heterocycles. The quantitative estimate of drug-likeness (QED) is 0.441. The fourth-order valence-corrected chi connectivity index (χ4v) is 3.19. The second-order valence-electron chi connectivity index (χ2n) is 7.99. The number of piperazine rings is 1. The van der Waals surface area contributed by atoms with Gasteiger partial charge in [-0.15, -0.1) is 0 Å². The average Bonchev–Trinajstić information content (AvgIpc) is 2.72. The molecule has 0 aliphatic carbocycles. The van der Waals surface area contributed by atoms with Crippen LogP contribution in [0.15, 0.2) is 24.3 Å². The summed E-state index contributed by atoms with van der Waals surface area (Å²) >= 11 is 0. The molecule has 7 nitrogen and oxygen atoms in total. The van der Waals surface area contributed by atoms with Crippen molar-refractivity contribution in [2.75, 3.05) is 26.3 Å². The Labute approximate surface area is 179 Å². The molecule has 1 fully saturated rings. The van der Waals surface area contributed by atoms with Crippen LogP contribution in [0.4, 0.5) is 0 Å². The highest BCUT2D eigenvalue weighted by Gasteiger charge is 2.35. The zero-order chi connectivity index (χ0) is 21.9. The van der Waals surface area contributed by atoms with Crippen LogP contribution in [0.5, 0.6) is 5.75 Å². The lowest BCUT2D eigenvalue weighted by molar-refractivity contribution is -0.147. The lowest BCUT2D eigenvalue weighted by Crippen LogP contribution is -2.57. The maximum absolute atomic E-state index is 13.0. The first kappa shape index (κ1) is 23.7. The van der Waals surface area contributed by atoms with Crippen LogP contribution in [0.2, 0.25) is 0 Å². The van der Waals surface area contributed by atoms with E-state index in [1.54, 1.807) is 24.3 Å². The van der Waals surface area contributed by atoms with Crippen LogP contribution < -0.4 is 10.1 Å². The van der Waals surface area contributed by atoms with Gasteiger partial charge < -0.3 is 19.7 Å². The monoisotopic (exact) mass is 418 g/mol. The molecule has 1 N–H and O–H groups in total. The fourth-order valence-electron chi connectivity index (χ4n) is 3.19. The van der Waals surface area contributed by atoms with Gasteiger partial charge in [-0.05, 0) is 43.0 Å². The minimum absolute atomic E-state index is 0.139. The first-order valence-corrected chi connectivity index (χ1v) is 10.9. The van der Waals surface area contributed by atoms with Crippen molar-refractivity contribution in [3.63, 3.8) is 0 Å². The van der Waals surface area contributed by atoms with Crippen molar-refractivity contribution in [1.82, 2.24) is 10.2 Å². The molecular weight excluding hydrogens is 384 g/mol. The molecule has 1 aromatic carbocycles. The second-order valence-corrected chi connectivity index (χ2v) is 7.99. The standard InChI is InChI=1S/C23H34N2O5/c1-4-5-6-14-30-21(26)16-20-22(27)24-12-13-25(20)23(28)18-7-9-19(10-8-18)29-15-11-17(2)3/h7-10,17,20H,4-6,11-16H2,1-3H3,(H,24,27). The summed E-state index contributed by atoms with van der Waals surface area (Å²) in [5, 5.41) is 2.73. The van der Waals surface area contributed by atoms with Gasteiger partial charge in [0.25, 0.3) is 5.91 Å². The van der Waals surface area contributed by atoms with Gasteiger partial charge >= 0.3 is 5.97 Å². The van der Waals surface area contributed by atoms with Crippen LogP contribution in [0, 0.1) is 5.92 Å². The van der Waals surface area contributed by atoms with Crippen LogP contribution in [0.25, 0.3) is 0 Å². The largest absolute Gasteiger partial charge is 0.494 e. The van der Waals surface area contributed by atoms with Crippen molar-refractivity contribution in [3.8, 4) is 5.75 Å². The Hall–Kier alpha value is -2.57. The predicted molar refractivity (Wildman–Crippen MR) is 114 cm³/mol. The highest BCUT2D eigenvalue weighted by Crippen LogP contribution is 2.18. The van der Waals surface area contributed by atoms with E-state index in [0.29, 0.717) is 43.5 Å². The van der Waals surface area contributed by atoms with Gasteiger partial charge in [0.15, 0.2) is 0 Å². The normalized spacial score (nSPS) is 16.3. The van der Waals surface area contributed by atoms with Gasteiger partial charge in [0.2, 0.25) is 5.91 Å². The van der Waals surface area contributed by atoms with Gasteiger partial charge in [-0.25, -0.2) is 0 Å². The highest BCUT2D eigenvalue weighted by atomic mass is 16.5. The Kier molecular flexibility index (Phi) is 9.64. The lowest BCUT2D eigenvalue weighted by atomic mass is 10.1. The number of carbonyl (C=O) groups excluding carboxylic acids is 3. The Morgan fingerprint density at radius 2 is 1.90 bits per heavy atom. The molecule has 1 unspecified atom stereocenters. The number of hydrogen-bond donors (Lipinski definition) is 1. The summed E-state index contributed by atoms with van der Waals surface area (Å²) < 4.78 is 10.9. The van der Waals surface area contributed by atoms with E-state index in [1.807, 2.05) is 0 Å². The summed E-state index contributed by atoms with van der Waals surface area (Å²) in [6.45, 7) is 8.03. The van der Waals surface area contributed by atoms with Crippen LogP contribution in [-0.4, -0.2) is 55.0 Å². The minimum atomic E-state index is -0.855. The van der Waals surface area contributed by atoms with Gasteiger partial charge in [0.05, 0.1) is 19.6 Å². The van der Waals surface area contributed by atoms with E-state index in [1.165, 1.54) is 4.90 Å². The van der Waals surface area contributed by atoms with E-state index in [-0.39, 0.29) is 18.2 Å². The lowest BCUT2D eigenvalue weighted by Gasteiger charge is -2.34. The fraction of sp³-hybridized carbons (Fsp3) is 0.609. The van der Waals surface area contributed by atoms with Crippen molar-refractivity contribution in [3.05, 3.63) is 29.8 Å². The van der Waals surface area contributed by atoms with Crippen molar-refractivity contribution in [1.29, 1.82) is 0 Å². The molecule has 1 saturated heterocycles. The number of carbonyl (C=O) groups is 3. The summed E-state index contributed by atoms with van der Waals surface area (Å²) in [5.41, 5.74) is 0.460. The molecular formula is C23H34N2O5. The summed E-state index contributed by atoms with van der Waals surface area (Å²) in [4.78, 5) is 39.0. The molecule has 2 amide bonds. The van der Waals surface area contributed by atoms with Gasteiger partial charge in [-0.2, -0.15) is 0 Å². The number of unbranched alkanes of at least 4 members (excludes halogenated alkanes) is 2. The molecule has 1 atom stereocenters. The molecule has 0 spiro atoms. The third kappa shape index (κ3) is 7.35. The van der Waals surface area contributed by atoms with Gasteiger partial charge in [0.1, 0.15) is 11.8 Å². The summed E-state index contributed by atoms with van der Waals surface area (Å²) in [6, 6.07) is 6.05. The smallest absolute Gasteiger partial charge is 0.308 e. The van der Waals surface area contributed by atoms with E-state index in [4.69, 9.17) is 9.47 Å². The Morgan fingerprint density at radius 1 is 1.17 bits per heavy atom. The van der Waals surface area contributed by atoms with E-state index in [9.17, 15) is 14.4 Å². The molecule has 0 bridgehead atoms. The van der Waals surface area contributed by atoms with E-state index >= 15 is 0 Å². The minimum Gasteiger partial charge on any atom is -0.494 e. The SMILES string of the molecule is CCCCCOC(=O)CC1C(=O)NCCN1C(=O)c1ccc(OCCC(C)C)cc1. The van der Waals surface area contributed by atoms with Gasteiger partial charge in [-0.1, -0.05) is 33.6 Å². The number of amides is 2. The number of hydrogen-bond acceptors (Lipinski definition) is 5.